The number of Topliss-reactive ketones (excluding diaryl/α,β-unsaturated/α-hetero) is 1. The Kier molecular flexibility index (Phi) is 4.70. The number of carbonyl (C=O) groups is 2. The number of ketones is 1. The van der Waals surface area contributed by atoms with Crippen LogP contribution in [0.2, 0.25) is 0 Å². The van der Waals surface area contributed by atoms with Gasteiger partial charge in [-0.3, -0.25) is 14.2 Å². The summed E-state index contributed by atoms with van der Waals surface area (Å²) in [5.74, 6) is 0.506. The number of amides is 1. The zero-order valence-electron chi connectivity index (χ0n) is 17.0. The number of aryl methyl sites for hydroxylation is 1. The number of hydrogen-bond acceptors (Lipinski definition) is 6. The lowest BCUT2D eigenvalue weighted by molar-refractivity contribution is -0.126. The molecule has 31 heavy (non-hydrogen) atoms. The number of fused-ring (bicyclic) bond motifs is 1. The van der Waals surface area contributed by atoms with Gasteiger partial charge in [0.1, 0.15) is 6.33 Å². The molecule has 0 saturated carbocycles. The van der Waals surface area contributed by atoms with Crippen LogP contribution in [-0.2, 0) is 4.79 Å². The molecule has 9 nitrogen and oxygen atoms in total. The van der Waals surface area contributed by atoms with Crippen LogP contribution in [-0.4, -0.2) is 67.5 Å². The van der Waals surface area contributed by atoms with Gasteiger partial charge in [-0.15, -0.1) is 10.2 Å². The number of imidazole rings is 1. The molecule has 4 aromatic rings. The van der Waals surface area contributed by atoms with Crippen LogP contribution in [0.15, 0.2) is 55.1 Å². The van der Waals surface area contributed by atoms with Crippen molar-refractivity contribution in [2.75, 3.05) is 31.1 Å². The maximum atomic E-state index is 13.0. The number of aromatic amines is 1. The van der Waals surface area contributed by atoms with E-state index in [0.717, 1.165) is 16.7 Å². The number of hydrogen-bond donors (Lipinski definition) is 1. The van der Waals surface area contributed by atoms with Crippen molar-refractivity contribution in [3.63, 3.8) is 0 Å². The number of carbonyl (C=O) groups excluding carboxylic acids is 2. The minimum Gasteiger partial charge on any atom is -0.358 e. The fourth-order valence-corrected chi connectivity index (χ4v) is 3.98. The highest BCUT2D eigenvalue weighted by Crippen LogP contribution is 2.23. The molecule has 1 aliphatic heterocycles. The first-order valence-electron chi connectivity index (χ1n) is 10.1. The molecule has 1 saturated heterocycles. The molecule has 1 amide bonds. The van der Waals surface area contributed by atoms with Crippen molar-refractivity contribution in [2.24, 2.45) is 0 Å². The summed E-state index contributed by atoms with van der Waals surface area (Å²) in [5.41, 5.74) is 2.04. The fourth-order valence-electron chi connectivity index (χ4n) is 3.98. The predicted molar refractivity (Wildman–Crippen MR) is 115 cm³/mol. The molecule has 3 aromatic heterocycles. The number of para-hydroxylation sites is 1. The standard InChI is InChI=1S/C22H21N7O2/c1-15-20(16-4-2-3-5-17(16)24-15)21(30)22(31)28-12-10-27(11-13-28)18-6-7-19(26-25-18)29-9-8-23-14-29/h2-9,14,24H,10-13H2,1H3. The molecule has 1 fully saturated rings. The van der Waals surface area contributed by atoms with Gasteiger partial charge in [0.05, 0.1) is 5.56 Å². The highest BCUT2D eigenvalue weighted by Gasteiger charge is 2.30. The van der Waals surface area contributed by atoms with E-state index in [1.807, 2.05) is 43.3 Å². The van der Waals surface area contributed by atoms with E-state index in [1.165, 1.54) is 0 Å². The van der Waals surface area contributed by atoms with E-state index < -0.39 is 11.7 Å². The topological polar surface area (TPSA) is 100 Å². The van der Waals surface area contributed by atoms with Crippen LogP contribution in [0.3, 0.4) is 0 Å². The zero-order chi connectivity index (χ0) is 21.4. The third-order valence-electron chi connectivity index (χ3n) is 5.61. The molecule has 9 heteroatoms. The third-order valence-corrected chi connectivity index (χ3v) is 5.61. The van der Waals surface area contributed by atoms with Gasteiger partial charge in [0.2, 0.25) is 0 Å². The number of rotatable bonds is 4. The largest absolute Gasteiger partial charge is 0.358 e. The van der Waals surface area contributed by atoms with Crippen molar-refractivity contribution in [1.82, 2.24) is 29.6 Å². The van der Waals surface area contributed by atoms with E-state index in [4.69, 9.17) is 0 Å². The van der Waals surface area contributed by atoms with Crippen LogP contribution < -0.4 is 4.90 Å². The van der Waals surface area contributed by atoms with E-state index in [9.17, 15) is 9.59 Å². The van der Waals surface area contributed by atoms with Crippen molar-refractivity contribution in [3.05, 3.63) is 66.4 Å². The molecule has 0 bridgehead atoms. The highest BCUT2D eigenvalue weighted by atomic mass is 16.2. The molecule has 0 atom stereocenters. The fraction of sp³-hybridized carbons (Fsp3) is 0.227. The van der Waals surface area contributed by atoms with Gasteiger partial charge in [-0.05, 0) is 25.1 Å². The lowest BCUT2D eigenvalue weighted by Crippen LogP contribution is -2.51. The molecular weight excluding hydrogens is 394 g/mol. The van der Waals surface area contributed by atoms with Gasteiger partial charge in [-0.1, -0.05) is 18.2 Å². The van der Waals surface area contributed by atoms with Crippen molar-refractivity contribution in [3.8, 4) is 5.82 Å². The second-order valence-corrected chi connectivity index (χ2v) is 7.50. The Hall–Kier alpha value is -4.01. The van der Waals surface area contributed by atoms with Crippen LogP contribution in [0.1, 0.15) is 16.1 Å². The molecule has 0 unspecified atom stereocenters. The minimum absolute atomic E-state index is 0.455. The van der Waals surface area contributed by atoms with Crippen molar-refractivity contribution >= 4 is 28.4 Å². The summed E-state index contributed by atoms with van der Waals surface area (Å²) in [7, 11) is 0. The number of nitrogens with zero attached hydrogens (tertiary/aromatic N) is 6. The molecule has 1 aliphatic rings. The number of benzene rings is 1. The van der Waals surface area contributed by atoms with E-state index in [1.54, 1.807) is 28.2 Å². The average molecular weight is 415 g/mol. The summed E-state index contributed by atoms with van der Waals surface area (Å²) in [6, 6.07) is 11.3. The summed E-state index contributed by atoms with van der Waals surface area (Å²) >= 11 is 0. The summed E-state index contributed by atoms with van der Waals surface area (Å²) in [6.45, 7) is 3.91. The molecule has 1 aromatic carbocycles. The lowest BCUT2D eigenvalue weighted by Gasteiger charge is -2.34. The minimum atomic E-state index is -0.465. The van der Waals surface area contributed by atoms with E-state index >= 15 is 0 Å². The van der Waals surface area contributed by atoms with Crippen molar-refractivity contribution in [2.45, 2.75) is 6.92 Å². The van der Waals surface area contributed by atoms with Gasteiger partial charge >= 0.3 is 0 Å². The second kappa shape index (κ2) is 7.67. The Balaban J connectivity index is 1.26. The predicted octanol–water partition coefficient (Wildman–Crippen LogP) is 1.98. The van der Waals surface area contributed by atoms with Gasteiger partial charge in [0.15, 0.2) is 11.6 Å². The van der Waals surface area contributed by atoms with Crippen molar-refractivity contribution in [1.29, 1.82) is 0 Å². The van der Waals surface area contributed by atoms with Crippen LogP contribution in [0, 0.1) is 6.92 Å². The third kappa shape index (κ3) is 3.43. The van der Waals surface area contributed by atoms with Crippen LogP contribution in [0.5, 0.6) is 0 Å². The molecule has 4 heterocycles. The zero-order valence-corrected chi connectivity index (χ0v) is 17.0. The Labute approximate surface area is 178 Å². The van der Waals surface area contributed by atoms with Crippen LogP contribution in [0.4, 0.5) is 5.82 Å². The summed E-state index contributed by atoms with van der Waals surface area (Å²) in [6.07, 6.45) is 5.16. The number of aromatic nitrogens is 5. The summed E-state index contributed by atoms with van der Waals surface area (Å²) in [4.78, 5) is 36.8. The van der Waals surface area contributed by atoms with Gasteiger partial charge in [0, 0.05) is 55.2 Å². The smallest absolute Gasteiger partial charge is 0.295 e. The van der Waals surface area contributed by atoms with Gasteiger partial charge < -0.3 is 14.8 Å². The quantitative estimate of drug-likeness (QED) is 0.404. The van der Waals surface area contributed by atoms with Crippen LogP contribution >= 0.6 is 0 Å². The van der Waals surface area contributed by atoms with Crippen LogP contribution in [0.25, 0.3) is 16.7 Å². The second-order valence-electron chi connectivity index (χ2n) is 7.50. The first kappa shape index (κ1) is 19.0. The Morgan fingerprint density at radius 3 is 2.42 bits per heavy atom. The molecule has 1 N–H and O–H groups in total. The first-order chi connectivity index (χ1) is 15.1. The number of anilines is 1. The van der Waals surface area contributed by atoms with Gasteiger partial charge in [-0.25, -0.2) is 4.98 Å². The SMILES string of the molecule is Cc1[nH]c2ccccc2c1C(=O)C(=O)N1CCN(c2ccc(-n3ccnc3)nn2)CC1. The highest BCUT2D eigenvalue weighted by molar-refractivity contribution is 6.45. The summed E-state index contributed by atoms with van der Waals surface area (Å²) < 4.78 is 1.78. The number of piperazine rings is 1. The van der Waals surface area contributed by atoms with E-state index in [2.05, 4.69) is 25.1 Å². The van der Waals surface area contributed by atoms with Gasteiger partial charge in [-0.2, -0.15) is 0 Å². The Morgan fingerprint density at radius 2 is 1.71 bits per heavy atom. The maximum absolute atomic E-state index is 13.0. The molecule has 156 valence electrons. The number of nitrogens with one attached hydrogen (secondary N) is 1. The lowest BCUT2D eigenvalue weighted by atomic mass is 10.1. The molecule has 0 radical (unpaired) electrons. The molecule has 5 rings (SSSR count). The Bertz CT molecular complexity index is 1240. The molecule has 0 spiro atoms. The Morgan fingerprint density at radius 1 is 0.968 bits per heavy atom. The average Bonchev–Trinajstić information content (AvgIpc) is 3.46. The summed E-state index contributed by atoms with van der Waals surface area (Å²) in [5, 5.41) is 9.33. The molecule has 0 aliphatic carbocycles. The maximum Gasteiger partial charge on any atom is 0.295 e. The molecular formula is C22H21N7O2. The van der Waals surface area contributed by atoms with Gasteiger partial charge in [0.25, 0.3) is 11.7 Å². The first-order valence-corrected chi connectivity index (χ1v) is 10.1. The van der Waals surface area contributed by atoms with Crippen molar-refractivity contribution < 1.29 is 9.59 Å². The van der Waals surface area contributed by atoms with E-state index in [-0.39, 0.29) is 0 Å². The normalized spacial score (nSPS) is 14.2. The number of H-pyrrole nitrogens is 1. The monoisotopic (exact) mass is 415 g/mol. The van der Waals surface area contributed by atoms with E-state index in [0.29, 0.717) is 43.3 Å².